The summed E-state index contributed by atoms with van der Waals surface area (Å²) in [5.74, 6) is -2.85. The topological polar surface area (TPSA) is 118 Å². The molecule has 20 heavy (non-hydrogen) atoms. The molecule has 108 valence electrons. The number of carboxylic acids is 2. The Labute approximate surface area is 115 Å². The van der Waals surface area contributed by atoms with Crippen molar-refractivity contribution in [3.8, 4) is 0 Å². The highest BCUT2D eigenvalue weighted by Gasteiger charge is 2.35. The number of carbonyl (C=O) groups is 2. The van der Waals surface area contributed by atoms with Crippen molar-refractivity contribution in [3.05, 3.63) is 29.8 Å². The second kappa shape index (κ2) is 5.22. The third-order valence-corrected chi connectivity index (χ3v) is 5.09. The quantitative estimate of drug-likeness (QED) is 0.631. The molecule has 1 aliphatic rings. The van der Waals surface area contributed by atoms with E-state index in [1.807, 2.05) is 0 Å². The Bertz CT molecular complexity index is 636. The molecule has 0 N–H and O–H groups in total. The molecule has 0 saturated carbocycles. The Morgan fingerprint density at radius 2 is 1.75 bits per heavy atom. The molecular weight excluding hydrogens is 286 g/mol. The molecule has 1 heterocycles. The normalized spacial score (nSPS) is 19.9. The summed E-state index contributed by atoms with van der Waals surface area (Å²) in [7, 11) is -3.98. The van der Waals surface area contributed by atoms with Crippen molar-refractivity contribution in [1.82, 2.24) is 4.31 Å². The average Bonchev–Trinajstić information content (AvgIpc) is 2.89. The van der Waals surface area contributed by atoms with Crippen molar-refractivity contribution in [2.24, 2.45) is 0 Å². The van der Waals surface area contributed by atoms with Gasteiger partial charge in [-0.3, -0.25) is 0 Å². The maximum Gasteiger partial charge on any atom is 0.243 e. The first-order chi connectivity index (χ1) is 9.34. The summed E-state index contributed by atoms with van der Waals surface area (Å²) in [6.07, 6.45) is 0.647. The van der Waals surface area contributed by atoms with Crippen molar-refractivity contribution in [1.29, 1.82) is 0 Å². The number of benzene rings is 1. The fourth-order valence-corrected chi connectivity index (χ4v) is 3.81. The predicted molar refractivity (Wildman–Crippen MR) is 62.7 cm³/mol. The number of nitrogens with zero attached hydrogens (tertiary/aromatic N) is 1. The second-order valence-corrected chi connectivity index (χ2v) is 6.30. The van der Waals surface area contributed by atoms with E-state index in [0.29, 0.717) is 6.42 Å². The van der Waals surface area contributed by atoms with Crippen LogP contribution in [0.1, 0.15) is 23.2 Å². The van der Waals surface area contributed by atoms with Gasteiger partial charge in [-0.15, -0.1) is 0 Å². The van der Waals surface area contributed by atoms with E-state index in [9.17, 15) is 28.2 Å². The lowest BCUT2D eigenvalue weighted by molar-refractivity contribution is -0.309. The van der Waals surface area contributed by atoms with Crippen molar-refractivity contribution in [2.75, 3.05) is 6.54 Å². The largest absolute Gasteiger partial charge is 0.548 e. The molecule has 1 atom stereocenters. The van der Waals surface area contributed by atoms with Crippen molar-refractivity contribution < 1.29 is 28.2 Å². The molecule has 7 nitrogen and oxygen atoms in total. The summed E-state index contributed by atoms with van der Waals surface area (Å²) < 4.78 is 25.5. The number of aliphatic carboxylic acids is 1. The molecule has 0 aromatic heterocycles. The van der Waals surface area contributed by atoms with Crippen LogP contribution in [0.2, 0.25) is 0 Å². The smallest absolute Gasteiger partial charge is 0.243 e. The Hall–Kier alpha value is -1.93. The van der Waals surface area contributed by atoms with Gasteiger partial charge in [-0.1, -0.05) is 12.1 Å². The van der Waals surface area contributed by atoms with E-state index >= 15 is 0 Å². The lowest BCUT2D eigenvalue weighted by atomic mass is 10.2. The van der Waals surface area contributed by atoms with Crippen molar-refractivity contribution in [2.45, 2.75) is 23.8 Å². The molecule has 0 spiro atoms. The molecule has 1 aromatic rings. The molecule has 0 radical (unpaired) electrons. The molecule has 0 amide bonds. The van der Waals surface area contributed by atoms with Crippen LogP contribution < -0.4 is 10.2 Å². The molecule has 1 unspecified atom stereocenters. The number of rotatable bonds is 4. The van der Waals surface area contributed by atoms with Gasteiger partial charge in [0.2, 0.25) is 10.0 Å². The standard InChI is InChI=1S/C12H13NO6S/c14-11(15)8-3-5-9(6-4-8)20(18,19)13-7-1-2-10(13)12(16)17/h3-6,10H,1-2,7H2,(H,14,15)(H,16,17)/p-2. The van der Waals surface area contributed by atoms with Crippen LogP contribution >= 0.6 is 0 Å². The number of hydrogen-bond acceptors (Lipinski definition) is 6. The van der Waals surface area contributed by atoms with Crippen LogP contribution in [0, 0.1) is 0 Å². The molecule has 1 saturated heterocycles. The van der Waals surface area contributed by atoms with Crippen LogP contribution in [0.3, 0.4) is 0 Å². The lowest BCUT2D eigenvalue weighted by Crippen LogP contribution is -2.46. The van der Waals surface area contributed by atoms with Gasteiger partial charge in [0, 0.05) is 6.54 Å². The predicted octanol–water partition coefficient (Wildman–Crippen LogP) is -2.05. The fraction of sp³-hybridized carbons (Fsp3) is 0.333. The van der Waals surface area contributed by atoms with E-state index in [2.05, 4.69) is 0 Å². The highest BCUT2D eigenvalue weighted by molar-refractivity contribution is 7.89. The van der Waals surface area contributed by atoms with Crippen LogP contribution in [0.15, 0.2) is 29.2 Å². The molecule has 8 heteroatoms. The monoisotopic (exact) mass is 297 g/mol. The summed E-state index contributed by atoms with van der Waals surface area (Å²) in [5.41, 5.74) is -0.151. The number of aromatic carboxylic acids is 1. The van der Waals surface area contributed by atoms with Crippen LogP contribution in [0.5, 0.6) is 0 Å². The number of carboxylic acid groups (broad SMARTS) is 2. The van der Waals surface area contributed by atoms with Gasteiger partial charge in [0.15, 0.2) is 0 Å². The summed E-state index contributed by atoms with van der Waals surface area (Å²) in [6, 6.07) is 3.26. The van der Waals surface area contributed by atoms with Gasteiger partial charge in [-0.05, 0) is 30.5 Å². The van der Waals surface area contributed by atoms with Gasteiger partial charge in [0.25, 0.3) is 0 Å². The van der Waals surface area contributed by atoms with Crippen molar-refractivity contribution in [3.63, 3.8) is 0 Å². The number of sulfonamides is 1. The van der Waals surface area contributed by atoms with E-state index < -0.39 is 28.0 Å². The van der Waals surface area contributed by atoms with Gasteiger partial charge in [-0.25, -0.2) is 8.42 Å². The second-order valence-electron chi connectivity index (χ2n) is 4.40. The molecule has 0 aliphatic carbocycles. The van der Waals surface area contributed by atoms with E-state index in [0.717, 1.165) is 28.6 Å². The minimum atomic E-state index is -3.98. The summed E-state index contributed by atoms with van der Waals surface area (Å²) in [6.45, 7) is 0.100. The van der Waals surface area contributed by atoms with Crippen LogP contribution in [0.4, 0.5) is 0 Å². The van der Waals surface area contributed by atoms with Crippen LogP contribution in [-0.2, 0) is 14.8 Å². The highest BCUT2D eigenvalue weighted by atomic mass is 32.2. The summed E-state index contributed by atoms with van der Waals surface area (Å²) >= 11 is 0. The molecular formula is C12H11NO6S-2. The van der Waals surface area contributed by atoms with Gasteiger partial charge in [0.1, 0.15) is 0 Å². The Morgan fingerprint density at radius 1 is 1.15 bits per heavy atom. The molecule has 1 aromatic carbocycles. The third kappa shape index (κ3) is 2.52. The molecule has 2 rings (SSSR count). The first-order valence-corrected chi connectivity index (χ1v) is 7.32. The first-order valence-electron chi connectivity index (χ1n) is 5.88. The summed E-state index contributed by atoms with van der Waals surface area (Å²) in [4.78, 5) is 21.4. The Kier molecular flexibility index (Phi) is 3.78. The van der Waals surface area contributed by atoms with Gasteiger partial charge >= 0.3 is 0 Å². The highest BCUT2D eigenvalue weighted by Crippen LogP contribution is 2.25. The zero-order chi connectivity index (χ0) is 14.9. The van der Waals surface area contributed by atoms with Gasteiger partial charge in [0.05, 0.1) is 22.9 Å². The molecule has 1 aliphatic heterocycles. The van der Waals surface area contributed by atoms with Crippen LogP contribution in [-0.4, -0.2) is 37.2 Å². The minimum absolute atomic E-state index is 0.100. The fourth-order valence-electron chi connectivity index (χ4n) is 2.16. The third-order valence-electron chi connectivity index (χ3n) is 3.17. The van der Waals surface area contributed by atoms with Crippen molar-refractivity contribution >= 4 is 22.0 Å². The van der Waals surface area contributed by atoms with E-state index in [-0.39, 0.29) is 23.4 Å². The Balaban J connectivity index is 2.35. The van der Waals surface area contributed by atoms with Crippen LogP contribution in [0.25, 0.3) is 0 Å². The van der Waals surface area contributed by atoms with E-state index in [1.54, 1.807) is 0 Å². The first kappa shape index (κ1) is 14.5. The maximum absolute atomic E-state index is 12.3. The SMILES string of the molecule is O=C([O-])c1ccc(S(=O)(=O)N2CCCC2C(=O)[O-])cc1. The zero-order valence-corrected chi connectivity index (χ0v) is 11.1. The van der Waals surface area contributed by atoms with E-state index in [4.69, 9.17) is 0 Å². The molecule has 0 bridgehead atoms. The zero-order valence-electron chi connectivity index (χ0n) is 10.3. The maximum atomic E-state index is 12.3. The van der Waals surface area contributed by atoms with E-state index in [1.165, 1.54) is 0 Å². The van der Waals surface area contributed by atoms with Gasteiger partial charge in [-0.2, -0.15) is 4.31 Å². The van der Waals surface area contributed by atoms with Gasteiger partial charge < -0.3 is 19.8 Å². The summed E-state index contributed by atoms with van der Waals surface area (Å²) in [5, 5.41) is 21.5. The molecule has 1 fully saturated rings. The lowest BCUT2D eigenvalue weighted by Gasteiger charge is -2.24. The Morgan fingerprint density at radius 3 is 2.25 bits per heavy atom. The minimum Gasteiger partial charge on any atom is -0.548 e. The average molecular weight is 297 g/mol. The number of carbonyl (C=O) groups excluding carboxylic acids is 2. The number of hydrogen-bond donors (Lipinski definition) is 0.